The Morgan fingerprint density at radius 3 is 2.37 bits per heavy atom. The Morgan fingerprint density at radius 2 is 1.58 bits per heavy atom. The lowest BCUT2D eigenvalue weighted by molar-refractivity contribution is 0.0995. The summed E-state index contributed by atoms with van der Waals surface area (Å²) in [5, 5.41) is 12.1. The first-order valence-corrected chi connectivity index (χ1v) is 13.2. The Balaban J connectivity index is 1.34. The number of carbonyl (C=O) groups excluding carboxylic acids is 2. The maximum atomic E-state index is 13.5. The lowest BCUT2D eigenvalue weighted by atomic mass is 9.99. The third-order valence-corrected chi connectivity index (χ3v) is 7.55. The van der Waals surface area contributed by atoms with E-state index in [1.54, 1.807) is 53.2 Å². The quantitative estimate of drug-likeness (QED) is 0.288. The Hall–Kier alpha value is -4.60. The van der Waals surface area contributed by atoms with Crippen molar-refractivity contribution in [2.24, 2.45) is 0 Å². The van der Waals surface area contributed by atoms with E-state index in [1.807, 2.05) is 78.9 Å². The predicted octanol–water partition coefficient (Wildman–Crippen LogP) is 7.54. The second kappa shape index (κ2) is 11.6. The van der Waals surface area contributed by atoms with Crippen molar-refractivity contribution in [2.45, 2.75) is 23.0 Å². The van der Waals surface area contributed by atoms with Crippen molar-refractivity contribution in [3.8, 4) is 17.2 Å². The van der Waals surface area contributed by atoms with Gasteiger partial charge in [-0.15, -0.1) is 11.8 Å². The van der Waals surface area contributed by atoms with E-state index in [2.05, 4.69) is 11.4 Å². The van der Waals surface area contributed by atoms with Crippen molar-refractivity contribution < 1.29 is 9.59 Å². The van der Waals surface area contributed by atoms with Crippen LogP contribution in [0.25, 0.3) is 11.1 Å². The Bertz CT molecular complexity index is 1520. The van der Waals surface area contributed by atoms with Gasteiger partial charge in [0.25, 0.3) is 11.8 Å². The first kappa shape index (κ1) is 25.1. The molecule has 6 heteroatoms. The summed E-state index contributed by atoms with van der Waals surface area (Å²) in [4.78, 5) is 29.3. The van der Waals surface area contributed by atoms with Crippen molar-refractivity contribution in [1.82, 2.24) is 0 Å². The minimum atomic E-state index is -0.214. The Morgan fingerprint density at radius 1 is 0.868 bits per heavy atom. The van der Waals surface area contributed by atoms with Gasteiger partial charge in [0.1, 0.15) is 0 Å². The SMILES string of the molecule is N#CCCC1C=CN(C(=O)c2ccc(NC(=O)c3ccccc3-c3ccccc3)cc2)c2ccccc2S1. The van der Waals surface area contributed by atoms with E-state index >= 15 is 0 Å². The molecule has 1 aliphatic rings. The number of amides is 2. The molecular weight excluding hydrogens is 490 g/mol. The topological polar surface area (TPSA) is 73.2 Å². The zero-order valence-electron chi connectivity index (χ0n) is 20.6. The zero-order chi connectivity index (χ0) is 26.3. The highest BCUT2D eigenvalue weighted by Gasteiger charge is 2.23. The second-order valence-corrected chi connectivity index (χ2v) is 10.1. The van der Waals surface area contributed by atoms with Crippen LogP contribution in [0.3, 0.4) is 0 Å². The molecule has 4 aromatic carbocycles. The third kappa shape index (κ3) is 5.54. The molecule has 0 fully saturated rings. The molecule has 5 rings (SSSR count). The van der Waals surface area contributed by atoms with Crippen LogP contribution in [0.1, 0.15) is 33.6 Å². The standard InChI is InChI=1S/C32H25N3O2S/c33-21-8-11-26-20-22-35(29-14-6-7-15-30(29)38-26)32(37)24-16-18-25(19-17-24)34-31(36)28-13-5-4-12-27(28)23-9-2-1-3-10-23/h1-7,9-10,12-20,22,26H,8,11H2,(H,34,36). The molecule has 1 aliphatic heterocycles. The molecule has 186 valence electrons. The van der Waals surface area contributed by atoms with Crippen molar-refractivity contribution in [1.29, 1.82) is 5.26 Å². The number of hydrogen-bond acceptors (Lipinski definition) is 4. The van der Waals surface area contributed by atoms with Gasteiger partial charge in [-0.1, -0.05) is 66.7 Å². The highest BCUT2D eigenvalue weighted by Crippen LogP contribution is 2.38. The Labute approximate surface area is 226 Å². The lowest BCUT2D eigenvalue weighted by Crippen LogP contribution is -2.25. The van der Waals surface area contributed by atoms with E-state index in [0.717, 1.165) is 28.1 Å². The summed E-state index contributed by atoms with van der Waals surface area (Å²) in [7, 11) is 0. The number of carbonyl (C=O) groups is 2. The van der Waals surface area contributed by atoms with Crippen molar-refractivity contribution in [2.75, 3.05) is 10.2 Å². The zero-order valence-corrected chi connectivity index (χ0v) is 21.4. The van der Waals surface area contributed by atoms with Gasteiger partial charge in [0.15, 0.2) is 0 Å². The normalized spacial score (nSPS) is 14.2. The molecule has 1 atom stereocenters. The molecule has 1 unspecified atom stereocenters. The highest BCUT2D eigenvalue weighted by molar-refractivity contribution is 8.00. The number of para-hydroxylation sites is 1. The average molecular weight is 516 g/mol. The van der Waals surface area contributed by atoms with Gasteiger partial charge < -0.3 is 5.32 Å². The van der Waals surface area contributed by atoms with Gasteiger partial charge in [-0.2, -0.15) is 5.26 Å². The van der Waals surface area contributed by atoms with Crippen molar-refractivity contribution >= 4 is 35.0 Å². The molecule has 4 aromatic rings. The minimum Gasteiger partial charge on any atom is -0.322 e. The number of benzene rings is 4. The van der Waals surface area contributed by atoms with E-state index in [4.69, 9.17) is 5.26 Å². The summed E-state index contributed by atoms with van der Waals surface area (Å²) in [6.07, 6.45) is 4.97. The minimum absolute atomic E-state index is 0.116. The number of nitrogens with one attached hydrogen (secondary N) is 1. The first-order valence-electron chi connectivity index (χ1n) is 12.3. The smallest absolute Gasteiger partial charge is 0.262 e. The van der Waals surface area contributed by atoms with Crippen LogP contribution in [-0.2, 0) is 0 Å². The van der Waals surface area contributed by atoms with Gasteiger partial charge in [0, 0.05) is 39.6 Å². The molecule has 0 radical (unpaired) electrons. The summed E-state index contributed by atoms with van der Waals surface area (Å²) >= 11 is 1.66. The largest absolute Gasteiger partial charge is 0.322 e. The summed E-state index contributed by atoms with van der Waals surface area (Å²) in [5.74, 6) is -0.379. The maximum absolute atomic E-state index is 13.5. The van der Waals surface area contributed by atoms with Crippen LogP contribution in [0.15, 0.2) is 120 Å². The van der Waals surface area contributed by atoms with Gasteiger partial charge >= 0.3 is 0 Å². The van der Waals surface area contributed by atoms with Crippen LogP contribution in [0, 0.1) is 11.3 Å². The number of rotatable bonds is 6. The number of nitrogens with zero attached hydrogens (tertiary/aromatic N) is 2. The summed E-state index contributed by atoms with van der Waals surface area (Å²) in [6.45, 7) is 0. The fourth-order valence-corrected chi connectivity index (χ4v) is 5.50. The summed E-state index contributed by atoms with van der Waals surface area (Å²) in [6, 6.07) is 34.2. The average Bonchev–Trinajstić information content (AvgIpc) is 3.16. The molecule has 38 heavy (non-hydrogen) atoms. The first-order chi connectivity index (χ1) is 18.6. The van der Waals surface area contributed by atoms with E-state index in [-0.39, 0.29) is 17.1 Å². The number of thioether (sulfide) groups is 1. The van der Waals surface area contributed by atoms with Gasteiger partial charge in [-0.3, -0.25) is 14.5 Å². The fraction of sp³-hybridized carbons (Fsp3) is 0.0938. The van der Waals surface area contributed by atoms with Crippen molar-refractivity contribution in [3.05, 3.63) is 127 Å². The van der Waals surface area contributed by atoms with E-state index < -0.39 is 0 Å². The van der Waals surface area contributed by atoms with Gasteiger partial charge in [0.05, 0.1) is 11.8 Å². The van der Waals surface area contributed by atoms with Crippen LogP contribution < -0.4 is 10.2 Å². The second-order valence-electron chi connectivity index (χ2n) is 8.78. The number of anilines is 2. The monoisotopic (exact) mass is 515 g/mol. The van der Waals surface area contributed by atoms with E-state index in [9.17, 15) is 9.59 Å². The molecule has 0 aromatic heterocycles. The van der Waals surface area contributed by atoms with E-state index in [1.165, 1.54) is 0 Å². The number of hydrogen-bond donors (Lipinski definition) is 1. The molecule has 5 nitrogen and oxygen atoms in total. The van der Waals surface area contributed by atoms with Crippen LogP contribution >= 0.6 is 11.8 Å². The molecule has 0 spiro atoms. The molecule has 0 bridgehead atoms. The highest BCUT2D eigenvalue weighted by atomic mass is 32.2. The molecule has 0 saturated carbocycles. The van der Waals surface area contributed by atoms with Crippen LogP contribution in [-0.4, -0.2) is 17.1 Å². The lowest BCUT2D eigenvalue weighted by Gasteiger charge is -2.20. The summed E-state index contributed by atoms with van der Waals surface area (Å²) < 4.78 is 0. The molecular formula is C32H25N3O2S. The van der Waals surface area contributed by atoms with Gasteiger partial charge in [-0.05, 0) is 60.0 Å². The fourth-order valence-electron chi connectivity index (χ4n) is 4.34. The molecule has 0 saturated heterocycles. The third-order valence-electron chi connectivity index (χ3n) is 6.26. The van der Waals surface area contributed by atoms with E-state index in [0.29, 0.717) is 23.2 Å². The summed E-state index contributed by atoms with van der Waals surface area (Å²) in [5.41, 5.74) is 4.33. The van der Waals surface area contributed by atoms with Crippen molar-refractivity contribution in [3.63, 3.8) is 0 Å². The number of fused-ring (bicyclic) bond motifs is 1. The van der Waals surface area contributed by atoms with Crippen LogP contribution in [0.5, 0.6) is 0 Å². The number of nitriles is 1. The molecule has 1 heterocycles. The van der Waals surface area contributed by atoms with Crippen LogP contribution in [0.2, 0.25) is 0 Å². The maximum Gasteiger partial charge on any atom is 0.262 e. The van der Waals surface area contributed by atoms with Gasteiger partial charge in [-0.25, -0.2) is 0 Å². The molecule has 2 amide bonds. The van der Waals surface area contributed by atoms with Gasteiger partial charge in [0.2, 0.25) is 0 Å². The van der Waals surface area contributed by atoms with Crippen LogP contribution in [0.4, 0.5) is 11.4 Å². The molecule has 0 aliphatic carbocycles. The molecule has 1 N–H and O–H groups in total. The predicted molar refractivity (Wildman–Crippen MR) is 153 cm³/mol. The Kier molecular flexibility index (Phi) is 7.67.